The predicted octanol–water partition coefficient (Wildman–Crippen LogP) is 3.53. The molecule has 1 aliphatic heterocycles. The molecule has 2 rings (SSSR count). The van der Waals surface area contributed by atoms with E-state index in [4.69, 9.17) is 0 Å². The van der Waals surface area contributed by atoms with Crippen LogP contribution in [0.1, 0.15) is 19.4 Å². The zero-order valence-corrected chi connectivity index (χ0v) is 16.9. The molecule has 0 aliphatic carbocycles. The van der Waals surface area contributed by atoms with Crippen LogP contribution in [0.4, 0.5) is 8.78 Å². The van der Waals surface area contributed by atoms with E-state index in [9.17, 15) is 8.78 Å². The lowest BCUT2D eigenvalue weighted by molar-refractivity contribution is 0.376. The molecule has 0 spiro atoms. The summed E-state index contributed by atoms with van der Waals surface area (Å²) in [6.45, 7) is 6.72. The van der Waals surface area contributed by atoms with Crippen molar-refractivity contribution < 1.29 is 8.78 Å². The minimum Gasteiger partial charge on any atom is -0.356 e. The van der Waals surface area contributed by atoms with Crippen molar-refractivity contribution in [1.29, 1.82) is 0 Å². The van der Waals surface area contributed by atoms with Crippen molar-refractivity contribution >= 4 is 41.7 Å². The quantitative estimate of drug-likeness (QED) is 0.430. The Bertz CT molecular complexity index is 532. The third kappa shape index (κ3) is 5.77. The molecule has 1 heterocycles. The number of hydrogen-bond acceptors (Lipinski definition) is 2. The molecule has 23 heavy (non-hydrogen) atoms. The average Bonchev–Trinajstić information content (AvgIpc) is 2.45. The number of rotatable bonds is 3. The van der Waals surface area contributed by atoms with Crippen LogP contribution < -0.4 is 5.32 Å². The summed E-state index contributed by atoms with van der Waals surface area (Å²) in [7, 11) is 1.74. The van der Waals surface area contributed by atoms with Crippen molar-refractivity contribution in [3.63, 3.8) is 0 Å². The Hall–Kier alpha value is -0.570. The van der Waals surface area contributed by atoms with E-state index in [1.54, 1.807) is 7.05 Å². The van der Waals surface area contributed by atoms with Crippen LogP contribution in [0.2, 0.25) is 0 Å². The summed E-state index contributed by atoms with van der Waals surface area (Å²) >= 11 is 1.95. The Morgan fingerprint density at radius 1 is 1.35 bits per heavy atom. The first kappa shape index (κ1) is 20.5. The molecule has 1 aromatic rings. The maximum absolute atomic E-state index is 13.6. The zero-order valence-electron chi connectivity index (χ0n) is 13.7. The van der Waals surface area contributed by atoms with Gasteiger partial charge >= 0.3 is 0 Å². The number of nitrogens with one attached hydrogen (secondary N) is 1. The van der Waals surface area contributed by atoms with Gasteiger partial charge in [0.1, 0.15) is 11.6 Å². The number of guanidine groups is 1. The largest absolute Gasteiger partial charge is 0.356 e. The van der Waals surface area contributed by atoms with Crippen LogP contribution >= 0.6 is 35.7 Å². The Morgan fingerprint density at radius 3 is 2.57 bits per heavy atom. The van der Waals surface area contributed by atoms with Crippen LogP contribution in [0.25, 0.3) is 0 Å². The molecule has 1 saturated heterocycles. The molecule has 0 radical (unpaired) electrons. The van der Waals surface area contributed by atoms with Crippen molar-refractivity contribution in [1.82, 2.24) is 10.2 Å². The van der Waals surface area contributed by atoms with Crippen molar-refractivity contribution in [2.75, 3.05) is 32.4 Å². The Morgan fingerprint density at radius 2 is 2.00 bits per heavy atom. The Labute approximate surface area is 158 Å². The summed E-state index contributed by atoms with van der Waals surface area (Å²) in [5.41, 5.74) is 0.125. The van der Waals surface area contributed by atoms with Gasteiger partial charge in [0.25, 0.3) is 0 Å². The van der Waals surface area contributed by atoms with E-state index in [1.807, 2.05) is 11.8 Å². The lowest BCUT2D eigenvalue weighted by Crippen LogP contribution is -2.51. The van der Waals surface area contributed by atoms with Crippen molar-refractivity contribution in [3.05, 3.63) is 35.4 Å². The molecule has 0 atom stereocenters. The van der Waals surface area contributed by atoms with Gasteiger partial charge < -0.3 is 10.2 Å². The van der Waals surface area contributed by atoms with E-state index in [0.29, 0.717) is 13.0 Å². The third-order valence-electron chi connectivity index (χ3n) is 3.66. The Kier molecular flexibility index (Phi) is 8.06. The molecule has 0 aromatic heterocycles. The van der Waals surface area contributed by atoms with Crippen LogP contribution in [0, 0.1) is 11.6 Å². The Balaban J connectivity index is 0.00000264. The van der Waals surface area contributed by atoms with Gasteiger partial charge in [-0.05, 0) is 32.4 Å². The molecule has 0 saturated carbocycles. The van der Waals surface area contributed by atoms with Crippen LogP contribution in [0.3, 0.4) is 0 Å². The fraction of sp³-hybridized carbons (Fsp3) is 0.562. The van der Waals surface area contributed by atoms with Crippen molar-refractivity contribution in [3.8, 4) is 0 Å². The molecule has 0 bridgehead atoms. The topological polar surface area (TPSA) is 27.6 Å². The second kappa shape index (κ2) is 9.05. The first-order valence-electron chi connectivity index (χ1n) is 7.45. The number of nitrogens with zero attached hydrogens (tertiary/aromatic N) is 2. The van der Waals surface area contributed by atoms with Gasteiger partial charge in [-0.1, -0.05) is 6.07 Å². The number of thioether (sulfide) groups is 1. The monoisotopic (exact) mass is 455 g/mol. The molecule has 0 amide bonds. The number of aliphatic imine (C=N–C) groups is 1. The predicted molar refractivity (Wildman–Crippen MR) is 105 cm³/mol. The first-order valence-corrected chi connectivity index (χ1v) is 8.44. The van der Waals surface area contributed by atoms with E-state index in [0.717, 1.165) is 24.8 Å². The summed E-state index contributed by atoms with van der Waals surface area (Å²) in [6, 6.07) is 3.96. The molecule has 7 heteroatoms. The van der Waals surface area contributed by atoms with E-state index in [-0.39, 0.29) is 34.3 Å². The lowest BCUT2D eigenvalue weighted by Gasteiger charge is -2.39. The average molecular weight is 455 g/mol. The maximum Gasteiger partial charge on any atom is 0.193 e. The van der Waals surface area contributed by atoms with E-state index in [2.05, 4.69) is 29.1 Å². The number of benzene rings is 1. The summed E-state index contributed by atoms with van der Waals surface area (Å²) < 4.78 is 27.4. The van der Waals surface area contributed by atoms with Crippen molar-refractivity contribution in [2.24, 2.45) is 4.99 Å². The van der Waals surface area contributed by atoms with Gasteiger partial charge in [-0.25, -0.2) is 8.78 Å². The highest BCUT2D eigenvalue weighted by Gasteiger charge is 2.28. The standard InChI is InChI=1S/C16H23F2N3S.HI/c1-16(2)11-21(9-10-22-16)15(19-3)20-8-7-12-13(17)5-4-6-14(12)18;/h4-6H,7-11H2,1-3H3,(H,19,20);1H. The molecule has 0 unspecified atom stereocenters. The number of hydrogen-bond donors (Lipinski definition) is 1. The van der Waals surface area contributed by atoms with Gasteiger partial charge in [0.05, 0.1) is 0 Å². The molecule has 1 aliphatic rings. The second-order valence-electron chi connectivity index (χ2n) is 5.95. The second-order valence-corrected chi connectivity index (χ2v) is 7.76. The highest BCUT2D eigenvalue weighted by Crippen LogP contribution is 2.29. The molecule has 1 aromatic carbocycles. The smallest absolute Gasteiger partial charge is 0.193 e. The molecule has 1 fully saturated rings. The van der Waals surface area contributed by atoms with Gasteiger partial charge in [-0.2, -0.15) is 11.8 Å². The summed E-state index contributed by atoms with van der Waals surface area (Å²) in [5.74, 6) is 0.861. The molecular formula is C16H24F2IN3S. The first-order chi connectivity index (χ1) is 10.4. The lowest BCUT2D eigenvalue weighted by atomic mass is 10.1. The van der Waals surface area contributed by atoms with Crippen molar-refractivity contribution in [2.45, 2.75) is 25.0 Å². The summed E-state index contributed by atoms with van der Waals surface area (Å²) in [4.78, 5) is 6.49. The molecule has 130 valence electrons. The van der Waals surface area contributed by atoms with Gasteiger partial charge in [-0.3, -0.25) is 4.99 Å². The van der Waals surface area contributed by atoms with Crippen LogP contribution in [-0.2, 0) is 6.42 Å². The highest BCUT2D eigenvalue weighted by molar-refractivity contribution is 14.0. The molecule has 1 N–H and O–H groups in total. The van der Waals surface area contributed by atoms with E-state index < -0.39 is 11.6 Å². The van der Waals surface area contributed by atoms with Gasteiger partial charge in [0, 0.05) is 42.7 Å². The summed E-state index contributed by atoms with van der Waals surface area (Å²) in [6.07, 6.45) is 0.295. The van der Waals surface area contributed by atoms with E-state index >= 15 is 0 Å². The normalized spacial score (nSPS) is 17.6. The highest BCUT2D eigenvalue weighted by atomic mass is 127. The van der Waals surface area contributed by atoms with Gasteiger partial charge in [-0.15, -0.1) is 24.0 Å². The number of halogens is 3. The van der Waals surface area contributed by atoms with Crippen LogP contribution in [0.5, 0.6) is 0 Å². The summed E-state index contributed by atoms with van der Waals surface area (Å²) in [5, 5.41) is 3.21. The van der Waals surface area contributed by atoms with Gasteiger partial charge in [0.15, 0.2) is 5.96 Å². The fourth-order valence-corrected chi connectivity index (χ4v) is 3.71. The SMILES string of the molecule is CN=C(NCCc1c(F)cccc1F)N1CCSC(C)(C)C1.I. The van der Waals surface area contributed by atoms with Crippen LogP contribution in [0.15, 0.2) is 23.2 Å². The zero-order chi connectivity index (χ0) is 16.2. The van der Waals surface area contributed by atoms with Gasteiger partial charge in [0.2, 0.25) is 0 Å². The fourth-order valence-electron chi connectivity index (χ4n) is 2.60. The maximum atomic E-state index is 13.6. The third-order valence-corrected chi connectivity index (χ3v) is 4.95. The molecule has 3 nitrogen and oxygen atoms in total. The minimum absolute atomic E-state index is 0. The van der Waals surface area contributed by atoms with Crippen LogP contribution in [-0.4, -0.2) is 48.0 Å². The minimum atomic E-state index is -0.493. The molecular weight excluding hydrogens is 431 g/mol. The van der Waals surface area contributed by atoms with E-state index in [1.165, 1.54) is 18.2 Å².